The average molecular weight is 270 g/mol. The van der Waals surface area contributed by atoms with Crippen LogP contribution in [0.2, 0.25) is 0 Å². The zero-order valence-electron chi connectivity index (χ0n) is 10.5. The minimum atomic E-state index is -2.06. The predicted octanol–water partition coefficient (Wildman–Crippen LogP) is 1.09. The number of halogens is 1. The number of rotatable bonds is 4. The Morgan fingerprint density at radius 3 is 2.58 bits per heavy atom. The van der Waals surface area contributed by atoms with Crippen molar-refractivity contribution < 1.29 is 24.2 Å². The molecule has 2 amide bonds. The monoisotopic (exact) mass is 270 g/mol. The molecule has 1 unspecified atom stereocenters. The molecule has 0 radical (unpaired) electrons. The molecule has 7 heteroatoms. The van der Waals surface area contributed by atoms with Crippen LogP contribution in [0.25, 0.3) is 0 Å². The molecule has 19 heavy (non-hydrogen) atoms. The van der Waals surface area contributed by atoms with E-state index in [2.05, 4.69) is 10.6 Å². The highest BCUT2D eigenvalue weighted by Gasteiger charge is 2.30. The van der Waals surface area contributed by atoms with E-state index >= 15 is 0 Å². The van der Waals surface area contributed by atoms with Gasteiger partial charge in [-0.15, -0.1) is 0 Å². The summed E-state index contributed by atoms with van der Waals surface area (Å²) in [4.78, 5) is 22.0. The Hall–Kier alpha value is -2.15. The van der Waals surface area contributed by atoms with Gasteiger partial charge < -0.3 is 20.8 Å². The van der Waals surface area contributed by atoms with Crippen molar-refractivity contribution in [3.63, 3.8) is 0 Å². The van der Waals surface area contributed by atoms with Crippen molar-refractivity contribution in [2.24, 2.45) is 0 Å². The number of nitrogens with one attached hydrogen (secondary N) is 2. The molecule has 0 aliphatic heterocycles. The first-order chi connectivity index (χ1) is 8.72. The van der Waals surface area contributed by atoms with Gasteiger partial charge >= 0.3 is 12.0 Å². The fourth-order valence-electron chi connectivity index (χ4n) is 1.17. The van der Waals surface area contributed by atoms with Crippen LogP contribution >= 0.6 is 0 Å². The molecule has 4 N–H and O–H groups in total. The van der Waals surface area contributed by atoms with Crippen LogP contribution in [0.3, 0.4) is 0 Å². The number of hydrogen-bond donors (Lipinski definition) is 4. The SMILES string of the molecule is Cc1ccc(NC(=O)NCC(C)(O)C(=O)O)cc1F. The highest BCUT2D eigenvalue weighted by atomic mass is 19.1. The number of benzene rings is 1. The Morgan fingerprint density at radius 1 is 1.42 bits per heavy atom. The second-order valence-electron chi connectivity index (χ2n) is 4.35. The van der Waals surface area contributed by atoms with Crippen LogP contribution in [0.15, 0.2) is 18.2 Å². The number of aryl methyl sites for hydroxylation is 1. The zero-order chi connectivity index (χ0) is 14.6. The number of urea groups is 1. The fourth-order valence-corrected chi connectivity index (χ4v) is 1.17. The third-order valence-electron chi connectivity index (χ3n) is 2.48. The maximum atomic E-state index is 13.2. The predicted molar refractivity (Wildman–Crippen MR) is 66.4 cm³/mol. The summed E-state index contributed by atoms with van der Waals surface area (Å²) in [6.07, 6.45) is 0. The van der Waals surface area contributed by atoms with E-state index in [1.807, 2.05) is 0 Å². The van der Waals surface area contributed by atoms with E-state index in [9.17, 15) is 19.1 Å². The number of hydrogen-bond acceptors (Lipinski definition) is 3. The second-order valence-corrected chi connectivity index (χ2v) is 4.35. The molecule has 0 spiro atoms. The van der Waals surface area contributed by atoms with Crippen molar-refractivity contribution in [1.82, 2.24) is 5.32 Å². The maximum Gasteiger partial charge on any atom is 0.337 e. The lowest BCUT2D eigenvalue weighted by molar-refractivity contribution is -0.155. The molecule has 0 bridgehead atoms. The Labute approximate surface area is 109 Å². The van der Waals surface area contributed by atoms with Gasteiger partial charge in [-0.2, -0.15) is 0 Å². The lowest BCUT2D eigenvalue weighted by atomic mass is 10.1. The van der Waals surface area contributed by atoms with Crippen molar-refractivity contribution in [2.75, 3.05) is 11.9 Å². The van der Waals surface area contributed by atoms with Crippen molar-refractivity contribution in [3.05, 3.63) is 29.6 Å². The van der Waals surface area contributed by atoms with Crippen LogP contribution < -0.4 is 10.6 Å². The zero-order valence-corrected chi connectivity index (χ0v) is 10.5. The van der Waals surface area contributed by atoms with Crippen molar-refractivity contribution in [2.45, 2.75) is 19.4 Å². The van der Waals surface area contributed by atoms with Gasteiger partial charge in [-0.3, -0.25) is 0 Å². The molecule has 1 atom stereocenters. The van der Waals surface area contributed by atoms with Gasteiger partial charge in [-0.05, 0) is 31.5 Å². The number of carbonyl (C=O) groups is 2. The molecule has 0 heterocycles. The lowest BCUT2D eigenvalue weighted by Crippen LogP contribution is -2.47. The summed E-state index contributed by atoms with van der Waals surface area (Å²) in [6, 6.07) is 3.42. The van der Waals surface area contributed by atoms with Gasteiger partial charge in [0.2, 0.25) is 0 Å². The van der Waals surface area contributed by atoms with E-state index in [0.717, 1.165) is 13.0 Å². The molecule has 0 aliphatic carbocycles. The topological polar surface area (TPSA) is 98.7 Å². The molecule has 1 aromatic rings. The number of anilines is 1. The van der Waals surface area contributed by atoms with Crippen molar-refractivity contribution in [1.29, 1.82) is 0 Å². The van der Waals surface area contributed by atoms with Crippen LogP contribution in [0, 0.1) is 12.7 Å². The molecule has 0 aromatic heterocycles. The average Bonchev–Trinajstić information content (AvgIpc) is 2.31. The third-order valence-corrected chi connectivity index (χ3v) is 2.48. The molecule has 1 rings (SSSR count). The van der Waals surface area contributed by atoms with E-state index in [0.29, 0.717) is 5.56 Å². The Balaban J connectivity index is 2.56. The van der Waals surface area contributed by atoms with Gasteiger partial charge in [-0.1, -0.05) is 6.07 Å². The fraction of sp³-hybridized carbons (Fsp3) is 0.333. The summed E-state index contributed by atoms with van der Waals surface area (Å²) in [5, 5.41) is 22.5. The molecule has 0 saturated heterocycles. The molecule has 0 fully saturated rings. The summed E-state index contributed by atoms with van der Waals surface area (Å²) in [5.74, 6) is -1.91. The first-order valence-corrected chi connectivity index (χ1v) is 5.49. The second kappa shape index (κ2) is 5.66. The summed E-state index contributed by atoms with van der Waals surface area (Å²) in [7, 11) is 0. The van der Waals surface area contributed by atoms with Crippen LogP contribution in [-0.2, 0) is 4.79 Å². The number of carbonyl (C=O) groups excluding carboxylic acids is 1. The van der Waals surface area contributed by atoms with Gasteiger partial charge in [0.25, 0.3) is 0 Å². The normalized spacial score (nSPS) is 13.5. The van der Waals surface area contributed by atoms with Gasteiger partial charge in [-0.25, -0.2) is 14.0 Å². The molecule has 1 aromatic carbocycles. The van der Waals surface area contributed by atoms with Gasteiger partial charge in [0.15, 0.2) is 5.60 Å². The minimum absolute atomic E-state index is 0.232. The smallest absolute Gasteiger partial charge is 0.337 e. The van der Waals surface area contributed by atoms with E-state index in [1.54, 1.807) is 6.92 Å². The molecular weight excluding hydrogens is 255 g/mol. The van der Waals surface area contributed by atoms with Crippen molar-refractivity contribution in [3.8, 4) is 0 Å². The highest BCUT2D eigenvalue weighted by Crippen LogP contribution is 2.13. The first-order valence-electron chi connectivity index (χ1n) is 5.49. The van der Waals surface area contributed by atoms with Crippen molar-refractivity contribution >= 4 is 17.7 Å². The van der Waals surface area contributed by atoms with E-state index < -0.39 is 30.0 Å². The number of carboxylic acids is 1. The van der Waals surface area contributed by atoms with Crippen LogP contribution in [0.1, 0.15) is 12.5 Å². The Morgan fingerprint density at radius 2 is 2.05 bits per heavy atom. The maximum absolute atomic E-state index is 13.2. The van der Waals surface area contributed by atoms with E-state index in [1.165, 1.54) is 12.1 Å². The standard InChI is InChI=1S/C12H15FN2O4/c1-7-3-4-8(5-9(7)13)15-11(18)14-6-12(2,19)10(16)17/h3-5,19H,6H2,1-2H3,(H,16,17)(H2,14,15,18). The number of aliphatic hydroxyl groups is 1. The first kappa shape index (κ1) is 14.9. The summed E-state index contributed by atoms with van der Waals surface area (Å²) in [5.41, 5.74) is -1.38. The Bertz CT molecular complexity index is 503. The quantitative estimate of drug-likeness (QED) is 0.658. The number of aliphatic carboxylic acids is 1. The molecule has 0 saturated carbocycles. The molecule has 0 aliphatic rings. The molecule has 6 nitrogen and oxygen atoms in total. The minimum Gasteiger partial charge on any atom is -0.479 e. The lowest BCUT2D eigenvalue weighted by Gasteiger charge is -2.18. The summed E-state index contributed by atoms with van der Waals surface area (Å²) in [6.45, 7) is 2.17. The third kappa shape index (κ3) is 4.22. The highest BCUT2D eigenvalue weighted by molar-refractivity contribution is 5.89. The summed E-state index contributed by atoms with van der Waals surface area (Å²) >= 11 is 0. The van der Waals surface area contributed by atoms with Crippen LogP contribution in [0.5, 0.6) is 0 Å². The number of amides is 2. The van der Waals surface area contributed by atoms with Gasteiger partial charge in [0, 0.05) is 5.69 Å². The van der Waals surface area contributed by atoms with E-state index in [-0.39, 0.29) is 5.69 Å². The van der Waals surface area contributed by atoms with Gasteiger partial charge in [0.1, 0.15) is 5.82 Å². The van der Waals surface area contributed by atoms with Crippen LogP contribution in [-0.4, -0.2) is 34.4 Å². The molecule has 104 valence electrons. The number of carboxylic acid groups (broad SMARTS) is 1. The summed E-state index contributed by atoms with van der Waals surface area (Å²) < 4.78 is 13.2. The van der Waals surface area contributed by atoms with Crippen LogP contribution in [0.4, 0.5) is 14.9 Å². The Kier molecular flexibility index (Phi) is 4.44. The van der Waals surface area contributed by atoms with E-state index in [4.69, 9.17) is 5.11 Å². The largest absolute Gasteiger partial charge is 0.479 e. The van der Waals surface area contributed by atoms with Gasteiger partial charge in [0.05, 0.1) is 6.54 Å². The molecular formula is C12H15FN2O4.